The molecule has 2 aliphatic carbocycles. The highest BCUT2D eigenvalue weighted by Crippen LogP contribution is 2.45. The third-order valence-electron chi connectivity index (χ3n) is 9.38. The maximum absolute atomic E-state index is 15.6. The van der Waals surface area contributed by atoms with E-state index in [9.17, 15) is 4.79 Å². The number of halogens is 1. The lowest BCUT2D eigenvalue weighted by Crippen LogP contribution is -2.54. The third-order valence-corrected chi connectivity index (χ3v) is 9.38. The minimum atomic E-state index is -0.469. The van der Waals surface area contributed by atoms with Gasteiger partial charge in [-0.2, -0.15) is 9.61 Å². The number of anilines is 2. The van der Waals surface area contributed by atoms with Crippen molar-refractivity contribution in [1.29, 1.82) is 0 Å². The summed E-state index contributed by atoms with van der Waals surface area (Å²) in [6, 6.07) is 9.14. The van der Waals surface area contributed by atoms with Crippen molar-refractivity contribution in [2.24, 2.45) is 11.7 Å². The molecule has 2 fully saturated rings. The summed E-state index contributed by atoms with van der Waals surface area (Å²) in [5.74, 6) is 0.554. The number of aromatic nitrogens is 4. The van der Waals surface area contributed by atoms with Crippen LogP contribution in [0.1, 0.15) is 68.6 Å². The van der Waals surface area contributed by atoms with E-state index in [0.717, 1.165) is 47.2 Å². The van der Waals surface area contributed by atoms with Gasteiger partial charge in [-0.1, -0.05) is 26.3 Å². The van der Waals surface area contributed by atoms with Crippen LogP contribution in [0.15, 0.2) is 48.9 Å². The van der Waals surface area contributed by atoms with Crippen LogP contribution < -0.4 is 16.4 Å². The van der Waals surface area contributed by atoms with Gasteiger partial charge >= 0.3 is 6.09 Å². The highest BCUT2D eigenvalue weighted by Gasteiger charge is 2.37. The Hall–Kier alpha value is -4.05. The summed E-state index contributed by atoms with van der Waals surface area (Å²) in [6.07, 6.45) is 9.71. The van der Waals surface area contributed by atoms with Crippen molar-refractivity contribution in [3.8, 4) is 11.3 Å². The summed E-state index contributed by atoms with van der Waals surface area (Å²) in [6.45, 7) is 6.25. The van der Waals surface area contributed by atoms with Crippen molar-refractivity contribution in [2.45, 2.75) is 76.3 Å². The fourth-order valence-corrected chi connectivity index (χ4v) is 6.79. The van der Waals surface area contributed by atoms with Crippen LogP contribution in [-0.4, -0.2) is 44.9 Å². The van der Waals surface area contributed by atoms with Gasteiger partial charge in [-0.05, 0) is 90.8 Å². The van der Waals surface area contributed by atoms with E-state index < -0.39 is 6.09 Å². The van der Waals surface area contributed by atoms with E-state index in [1.807, 2.05) is 25.1 Å². The average molecular weight is 572 g/mol. The lowest BCUT2D eigenvalue weighted by atomic mass is 9.65. The Bertz CT molecular complexity index is 1600. The second-order valence-corrected chi connectivity index (χ2v) is 12.3. The first-order valence-corrected chi connectivity index (χ1v) is 14.6. The van der Waals surface area contributed by atoms with Crippen molar-refractivity contribution in [1.82, 2.24) is 24.9 Å². The summed E-state index contributed by atoms with van der Waals surface area (Å²) in [4.78, 5) is 20.8. The van der Waals surface area contributed by atoms with Gasteiger partial charge in [-0.3, -0.25) is 4.98 Å². The van der Waals surface area contributed by atoms with Crippen LogP contribution in [0, 0.1) is 18.7 Å². The summed E-state index contributed by atoms with van der Waals surface area (Å²) < 4.78 is 22.1. The largest absolute Gasteiger partial charge is 0.453 e. The molecule has 9 nitrogen and oxygen atoms in total. The molecule has 4 atom stereocenters. The van der Waals surface area contributed by atoms with Gasteiger partial charge in [0.25, 0.3) is 0 Å². The molecule has 0 saturated heterocycles. The SMILES string of the molecule is COC(=O)NC1C(C)CC(c2ccncc2Nc2ncc3ccc(-c4c(C)cc(C5(C)CCC5)cc4F)nn23)CC1N. The number of carbonyl (C=O) groups excluding carboxylic acids is 1. The number of amides is 1. The van der Waals surface area contributed by atoms with Gasteiger partial charge in [0.1, 0.15) is 5.82 Å². The first-order valence-electron chi connectivity index (χ1n) is 14.6. The van der Waals surface area contributed by atoms with Crippen LogP contribution >= 0.6 is 0 Å². The zero-order chi connectivity index (χ0) is 29.6. The molecule has 220 valence electrons. The lowest BCUT2D eigenvalue weighted by molar-refractivity contribution is 0.149. The smallest absolute Gasteiger partial charge is 0.407 e. The van der Waals surface area contributed by atoms with E-state index in [0.29, 0.717) is 23.6 Å². The normalized spacial score (nSPS) is 23.3. The average Bonchev–Trinajstić information content (AvgIpc) is 3.35. The second kappa shape index (κ2) is 11.0. The van der Waals surface area contributed by atoms with E-state index in [2.05, 4.69) is 40.5 Å². The van der Waals surface area contributed by atoms with Crippen LogP contribution in [0.3, 0.4) is 0 Å². The van der Waals surface area contributed by atoms with Crippen molar-refractivity contribution in [2.75, 3.05) is 12.4 Å². The number of rotatable bonds is 6. The van der Waals surface area contributed by atoms with Gasteiger partial charge in [0, 0.05) is 23.8 Å². The maximum atomic E-state index is 15.6. The van der Waals surface area contributed by atoms with E-state index >= 15 is 4.39 Å². The predicted octanol–water partition coefficient (Wildman–Crippen LogP) is 5.99. The van der Waals surface area contributed by atoms with Crippen LogP contribution in [-0.2, 0) is 10.2 Å². The number of pyridine rings is 1. The molecule has 6 rings (SSSR count). The Kier molecular flexibility index (Phi) is 7.34. The Morgan fingerprint density at radius 2 is 2.00 bits per heavy atom. The van der Waals surface area contributed by atoms with Crippen LogP contribution in [0.4, 0.5) is 20.8 Å². The number of carbonyl (C=O) groups is 1. The van der Waals surface area contributed by atoms with Crippen molar-refractivity contribution in [3.63, 3.8) is 0 Å². The summed E-state index contributed by atoms with van der Waals surface area (Å²) >= 11 is 0. The fourth-order valence-electron chi connectivity index (χ4n) is 6.79. The van der Waals surface area contributed by atoms with Gasteiger partial charge in [-0.25, -0.2) is 14.2 Å². The second-order valence-electron chi connectivity index (χ2n) is 12.3. The number of hydrogen-bond acceptors (Lipinski definition) is 7. The molecule has 10 heteroatoms. The summed E-state index contributed by atoms with van der Waals surface area (Å²) in [5.41, 5.74) is 12.2. The Labute approximate surface area is 245 Å². The van der Waals surface area contributed by atoms with Crippen molar-refractivity contribution in [3.05, 3.63) is 71.4 Å². The van der Waals surface area contributed by atoms with Gasteiger partial charge in [-0.15, -0.1) is 0 Å². The van der Waals surface area contributed by atoms with Crippen LogP contribution in [0.5, 0.6) is 0 Å². The molecular weight excluding hydrogens is 533 g/mol. The number of hydrogen-bond donors (Lipinski definition) is 3. The first-order chi connectivity index (χ1) is 20.2. The zero-order valence-corrected chi connectivity index (χ0v) is 24.5. The third kappa shape index (κ3) is 5.08. The molecule has 0 bridgehead atoms. The number of nitrogens with one attached hydrogen (secondary N) is 2. The zero-order valence-electron chi connectivity index (χ0n) is 24.5. The molecule has 1 aromatic carbocycles. The quantitative estimate of drug-likeness (QED) is 0.260. The van der Waals surface area contributed by atoms with E-state index in [-0.39, 0.29) is 35.2 Å². The monoisotopic (exact) mass is 571 g/mol. The number of fused-ring (bicyclic) bond motifs is 1. The molecular formula is C32H38FN7O2. The van der Waals surface area contributed by atoms with Crippen LogP contribution in [0.25, 0.3) is 16.8 Å². The molecule has 3 heterocycles. The summed E-state index contributed by atoms with van der Waals surface area (Å²) in [5, 5.41) is 11.1. The fraction of sp³-hybridized carbons (Fsp3) is 0.438. The molecule has 0 radical (unpaired) electrons. The minimum Gasteiger partial charge on any atom is -0.453 e. The molecule has 2 aliphatic rings. The number of imidazole rings is 1. The molecule has 0 aliphatic heterocycles. The molecule has 2 saturated carbocycles. The first kappa shape index (κ1) is 28.1. The molecule has 42 heavy (non-hydrogen) atoms. The number of nitrogens with two attached hydrogens (primary N) is 1. The number of benzene rings is 1. The molecule has 4 aromatic rings. The van der Waals surface area contributed by atoms with Gasteiger partial charge < -0.3 is 21.1 Å². The highest BCUT2D eigenvalue weighted by molar-refractivity contribution is 5.69. The predicted molar refractivity (Wildman–Crippen MR) is 160 cm³/mol. The van der Waals surface area contributed by atoms with Crippen molar-refractivity contribution < 1.29 is 13.9 Å². The number of aryl methyl sites for hydroxylation is 1. The van der Waals surface area contributed by atoms with Crippen LogP contribution in [0.2, 0.25) is 0 Å². The number of alkyl carbamates (subject to hydrolysis) is 1. The minimum absolute atomic E-state index is 0.0587. The summed E-state index contributed by atoms with van der Waals surface area (Å²) in [7, 11) is 1.35. The Morgan fingerprint density at radius 1 is 1.19 bits per heavy atom. The number of methoxy groups -OCH3 is 1. The molecule has 3 aromatic heterocycles. The molecule has 1 amide bonds. The van der Waals surface area contributed by atoms with Gasteiger partial charge in [0.05, 0.1) is 36.4 Å². The molecule has 4 N–H and O–H groups in total. The molecule has 0 spiro atoms. The Balaban J connectivity index is 1.28. The highest BCUT2D eigenvalue weighted by atomic mass is 19.1. The van der Waals surface area contributed by atoms with E-state index in [4.69, 9.17) is 15.6 Å². The van der Waals surface area contributed by atoms with E-state index in [1.54, 1.807) is 29.2 Å². The van der Waals surface area contributed by atoms with Gasteiger partial charge in [0.15, 0.2) is 0 Å². The lowest BCUT2D eigenvalue weighted by Gasteiger charge is -2.39. The maximum Gasteiger partial charge on any atom is 0.407 e. The Morgan fingerprint density at radius 3 is 2.69 bits per heavy atom. The topological polar surface area (TPSA) is 119 Å². The van der Waals surface area contributed by atoms with Crippen molar-refractivity contribution >= 4 is 23.2 Å². The van der Waals surface area contributed by atoms with E-state index in [1.165, 1.54) is 13.5 Å². The van der Waals surface area contributed by atoms with Gasteiger partial charge in [0.2, 0.25) is 5.95 Å². The number of nitrogens with zero attached hydrogens (tertiary/aromatic N) is 4. The number of ether oxygens (including phenoxy) is 1. The standard InChI is InChI=1S/C32H38FN7O2/c1-18-13-21(32(3)9-5-10-32)15-24(33)28(18)26-7-6-22-16-36-30(40(22)39-26)37-27-17-35-11-8-23(27)20-12-19(2)29(25(34)14-20)38-31(41)42-4/h6-8,11,13,15-17,19-20,25,29H,5,9-10,12,14,34H2,1-4H3,(H,36,37)(H,38,41). The molecule has 4 unspecified atom stereocenters.